The van der Waals surface area contributed by atoms with E-state index in [1.165, 1.54) is 4.88 Å². The highest BCUT2D eigenvalue weighted by Crippen LogP contribution is 2.14. The van der Waals surface area contributed by atoms with E-state index in [2.05, 4.69) is 57.1 Å². The number of hydrogen-bond acceptors (Lipinski definition) is 5. The van der Waals surface area contributed by atoms with Crippen molar-refractivity contribution in [2.24, 2.45) is 10.9 Å². The molecule has 0 aliphatic carbocycles. The van der Waals surface area contributed by atoms with Crippen molar-refractivity contribution in [3.05, 3.63) is 34.1 Å². The van der Waals surface area contributed by atoms with Gasteiger partial charge < -0.3 is 15.2 Å². The first kappa shape index (κ1) is 17.5. The smallest absolute Gasteiger partial charge is 0.228 e. The van der Waals surface area contributed by atoms with Crippen LogP contribution in [0, 0.1) is 12.8 Å². The van der Waals surface area contributed by atoms with Crippen LogP contribution in [-0.4, -0.2) is 35.7 Å². The molecule has 2 aromatic heterocycles. The molecule has 2 N–H and O–H groups in total. The lowest BCUT2D eigenvalue weighted by molar-refractivity contribution is 0.374. The van der Waals surface area contributed by atoms with Crippen molar-refractivity contribution < 1.29 is 4.52 Å². The van der Waals surface area contributed by atoms with Gasteiger partial charge in [0, 0.05) is 30.9 Å². The summed E-state index contributed by atoms with van der Waals surface area (Å²) in [4.78, 5) is 10.3. The predicted molar refractivity (Wildman–Crippen MR) is 93.9 cm³/mol. The minimum Gasteiger partial charge on any atom is -0.357 e. The predicted octanol–water partition coefficient (Wildman–Crippen LogP) is 2.42. The Labute approximate surface area is 141 Å². The summed E-state index contributed by atoms with van der Waals surface area (Å²) < 4.78 is 5.10. The molecule has 2 rings (SSSR count). The molecular weight excluding hydrogens is 310 g/mol. The fourth-order valence-corrected chi connectivity index (χ4v) is 3.02. The van der Waals surface area contributed by atoms with Gasteiger partial charge in [-0.3, -0.25) is 4.99 Å². The molecule has 2 aromatic rings. The van der Waals surface area contributed by atoms with Gasteiger partial charge >= 0.3 is 0 Å². The quantitative estimate of drug-likeness (QED) is 0.572. The number of hydrogen-bond donors (Lipinski definition) is 2. The summed E-state index contributed by atoms with van der Waals surface area (Å²) in [5.74, 6) is 2.67. The van der Waals surface area contributed by atoms with Crippen LogP contribution in [0.15, 0.2) is 27.0 Å². The number of thiophene rings is 1. The van der Waals surface area contributed by atoms with Gasteiger partial charge in [0.05, 0.1) is 0 Å². The number of aryl methyl sites for hydroxylation is 1. The molecular formula is C16H25N5OS. The third kappa shape index (κ3) is 6.40. The van der Waals surface area contributed by atoms with Crippen molar-refractivity contribution in [1.82, 2.24) is 20.8 Å². The number of aliphatic imine (C=N–C) groups is 1. The summed E-state index contributed by atoms with van der Waals surface area (Å²) >= 11 is 1.81. The molecule has 6 nitrogen and oxygen atoms in total. The zero-order valence-corrected chi connectivity index (χ0v) is 14.8. The van der Waals surface area contributed by atoms with Crippen LogP contribution in [0.4, 0.5) is 0 Å². The van der Waals surface area contributed by atoms with E-state index in [1.807, 2.05) is 6.92 Å². The fourth-order valence-electron chi connectivity index (χ4n) is 2.16. The van der Waals surface area contributed by atoms with Gasteiger partial charge in [0.15, 0.2) is 11.8 Å². The highest BCUT2D eigenvalue weighted by molar-refractivity contribution is 7.09. The van der Waals surface area contributed by atoms with Crippen molar-refractivity contribution >= 4 is 17.3 Å². The Kier molecular flexibility index (Phi) is 7.06. The van der Waals surface area contributed by atoms with Gasteiger partial charge in [-0.05, 0) is 37.6 Å². The van der Waals surface area contributed by atoms with Gasteiger partial charge in [-0.25, -0.2) is 0 Å². The molecule has 0 saturated carbocycles. The molecule has 0 bridgehead atoms. The fraction of sp³-hybridized carbons (Fsp3) is 0.562. The standard InChI is InChI=1S/C16H25N5OS/c1-4-17-16(18-8-7-15-20-13(3)21-22-15)19-11-12(2)10-14-6-5-9-23-14/h5-6,9,12H,4,7-8,10-11H2,1-3H3,(H2,17,18,19). The average molecular weight is 335 g/mol. The number of guanidine groups is 1. The van der Waals surface area contributed by atoms with Gasteiger partial charge in [-0.2, -0.15) is 4.98 Å². The lowest BCUT2D eigenvalue weighted by Gasteiger charge is -2.12. The molecule has 126 valence electrons. The normalized spacial score (nSPS) is 13.1. The first-order valence-corrected chi connectivity index (χ1v) is 8.89. The van der Waals surface area contributed by atoms with E-state index in [0.717, 1.165) is 25.5 Å². The summed E-state index contributed by atoms with van der Waals surface area (Å²) in [6.45, 7) is 8.47. The molecule has 0 aromatic carbocycles. The van der Waals surface area contributed by atoms with Crippen molar-refractivity contribution in [2.45, 2.75) is 33.6 Å². The minimum atomic E-state index is 0.516. The third-order valence-corrected chi connectivity index (χ3v) is 4.13. The Morgan fingerprint density at radius 2 is 2.30 bits per heavy atom. The molecule has 0 amide bonds. The van der Waals surface area contributed by atoms with Crippen LogP contribution in [0.1, 0.15) is 30.4 Å². The van der Waals surface area contributed by atoms with Gasteiger partial charge in [-0.1, -0.05) is 18.1 Å². The van der Waals surface area contributed by atoms with Crippen LogP contribution in [0.5, 0.6) is 0 Å². The number of nitrogens with one attached hydrogen (secondary N) is 2. The lowest BCUT2D eigenvalue weighted by atomic mass is 10.1. The number of rotatable bonds is 8. The van der Waals surface area contributed by atoms with E-state index >= 15 is 0 Å². The Morgan fingerprint density at radius 1 is 1.43 bits per heavy atom. The zero-order valence-electron chi connectivity index (χ0n) is 14.0. The molecule has 0 saturated heterocycles. The molecule has 1 atom stereocenters. The second-order valence-electron chi connectivity index (χ2n) is 5.52. The van der Waals surface area contributed by atoms with Crippen LogP contribution < -0.4 is 10.6 Å². The minimum absolute atomic E-state index is 0.516. The van der Waals surface area contributed by atoms with E-state index in [4.69, 9.17) is 4.52 Å². The molecule has 1 unspecified atom stereocenters. The number of nitrogens with zero attached hydrogens (tertiary/aromatic N) is 3. The van der Waals surface area contributed by atoms with E-state index in [9.17, 15) is 0 Å². The van der Waals surface area contributed by atoms with Crippen LogP contribution in [0.2, 0.25) is 0 Å². The Bertz CT molecular complexity index is 593. The summed E-state index contributed by atoms with van der Waals surface area (Å²) in [5, 5.41) is 12.5. The summed E-state index contributed by atoms with van der Waals surface area (Å²) in [5.41, 5.74) is 0. The molecule has 23 heavy (non-hydrogen) atoms. The van der Waals surface area contributed by atoms with Crippen molar-refractivity contribution in [3.63, 3.8) is 0 Å². The zero-order chi connectivity index (χ0) is 16.5. The van der Waals surface area contributed by atoms with Crippen molar-refractivity contribution in [2.75, 3.05) is 19.6 Å². The molecule has 0 radical (unpaired) electrons. The average Bonchev–Trinajstić information content (AvgIpc) is 3.16. The summed E-state index contributed by atoms with van der Waals surface area (Å²) in [6.07, 6.45) is 1.76. The van der Waals surface area contributed by atoms with Crippen molar-refractivity contribution in [1.29, 1.82) is 0 Å². The van der Waals surface area contributed by atoms with Crippen LogP contribution >= 0.6 is 11.3 Å². The maximum atomic E-state index is 5.10. The monoisotopic (exact) mass is 335 g/mol. The maximum Gasteiger partial charge on any atom is 0.228 e. The van der Waals surface area contributed by atoms with E-state index in [1.54, 1.807) is 11.3 Å². The Balaban J connectivity index is 1.76. The maximum absolute atomic E-state index is 5.10. The van der Waals surface area contributed by atoms with Gasteiger partial charge in [0.1, 0.15) is 0 Å². The van der Waals surface area contributed by atoms with Gasteiger partial charge in [0.25, 0.3) is 0 Å². The van der Waals surface area contributed by atoms with Crippen LogP contribution in [-0.2, 0) is 12.8 Å². The summed E-state index contributed by atoms with van der Waals surface area (Å²) in [6, 6.07) is 4.28. The first-order chi connectivity index (χ1) is 11.2. The van der Waals surface area contributed by atoms with E-state index in [-0.39, 0.29) is 0 Å². The van der Waals surface area contributed by atoms with Gasteiger partial charge in [0.2, 0.25) is 5.89 Å². The number of aromatic nitrogens is 2. The molecule has 0 spiro atoms. The van der Waals surface area contributed by atoms with Crippen LogP contribution in [0.25, 0.3) is 0 Å². The van der Waals surface area contributed by atoms with Gasteiger partial charge in [-0.15, -0.1) is 11.3 Å². The Hall–Kier alpha value is -1.89. The van der Waals surface area contributed by atoms with E-state index < -0.39 is 0 Å². The SMILES string of the molecule is CCNC(=NCC(C)Cc1cccs1)NCCc1nc(C)no1. The highest BCUT2D eigenvalue weighted by atomic mass is 32.1. The van der Waals surface area contributed by atoms with E-state index in [0.29, 0.717) is 30.6 Å². The van der Waals surface area contributed by atoms with Crippen LogP contribution in [0.3, 0.4) is 0 Å². The van der Waals surface area contributed by atoms with Crippen molar-refractivity contribution in [3.8, 4) is 0 Å². The molecule has 7 heteroatoms. The second-order valence-corrected chi connectivity index (χ2v) is 6.55. The third-order valence-electron chi connectivity index (χ3n) is 3.24. The first-order valence-electron chi connectivity index (χ1n) is 8.01. The highest BCUT2D eigenvalue weighted by Gasteiger charge is 2.06. The molecule has 2 heterocycles. The second kappa shape index (κ2) is 9.29. The Morgan fingerprint density at radius 3 is 2.96 bits per heavy atom. The lowest BCUT2D eigenvalue weighted by Crippen LogP contribution is -2.38. The largest absolute Gasteiger partial charge is 0.357 e. The molecule has 0 fully saturated rings. The topological polar surface area (TPSA) is 75.3 Å². The molecule has 0 aliphatic rings. The summed E-state index contributed by atoms with van der Waals surface area (Å²) in [7, 11) is 0. The molecule has 0 aliphatic heterocycles.